The third-order valence-corrected chi connectivity index (χ3v) is 3.59. The number of rotatable bonds is 3. The van der Waals surface area contributed by atoms with Gasteiger partial charge in [-0.2, -0.15) is 0 Å². The van der Waals surface area contributed by atoms with Crippen molar-refractivity contribution in [1.29, 1.82) is 0 Å². The van der Waals surface area contributed by atoms with Crippen molar-refractivity contribution in [3.63, 3.8) is 0 Å². The molecule has 1 unspecified atom stereocenters. The molecule has 1 aliphatic heterocycles. The first-order valence-corrected chi connectivity index (χ1v) is 6.47. The molecule has 0 saturated carbocycles. The summed E-state index contributed by atoms with van der Waals surface area (Å²) in [5, 5.41) is 0. The van der Waals surface area contributed by atoms with E-state index in [0.29, 0.717) is 0 Å². The van der Waals surface area contributed by atoms with Gasteiger partial charge in [0.05, 0.1) is 0 Å². The van der Waals surface area contributed by atoms with Crippen LogP contribution in [0.3, 0.4) is 0 Å². The zero-order chi connectivity index (χ0) is 11.6. The first-order chi connectivity index (χ1) is 7.67. The van der Waals surface area contributed by atoms with Crippen LogP contribution in [-0.4, -0.2) is 5.60 Å². The van der Waals surface area contributed by atoms with Crippen LogP contribution in [0, 0.1) is 0 Å². The summed E-state index contributed by atoms with van der Waals surface area (Å²) in [5.74, 6) is 1.11. The summed E-state index contributed by atoms with van der Waals surface area (Å²) in [6, 6.07) is 6.65. The van der Waals surface area contributed by atoms with E-state index in [0.717, 1.165) is 25.0 Å². The van der Waals surface area contributed by atoms with Crippen LogP contribution in [0.15, 0.2) is 18.2 Å². The summed E-state index contributed by atoms with van der Waals surface area (Å²) in [4.78, 5) is 0. The quantitative estimate of drug-likeness (QED) is 0.741. The minimum absolute atomic E-state index is 0.0650. The molecule has 0 N–H and O–H groups in total. The van der Waals surface area contributed by atoms with Gasteiger partial charge < -0.3 is 4.74 Å². The van der Waals surface area contributed by atoms with Gasteiger partial charge in [0.25, 0.3) is 0 Å². The summed E-state index contributed by atoms with van der Waals surface area (Å²) >= 11 is 0. The molecule has 0 fully saturated rings. The van der Waals surface area contributed by atoms with E-state index in [1.54, 1.807) is 0 Å². The van der Waals surface area contributed by atoms with Crippen LogP contribution in [0.1, 0.15) is 51.2 Å². The SMILES string of the molecule is CCCC1(C)CCc2cc(CC)ccc2O1. The van der Waals surface area contributed by atoms with Gasteiger partial charge in [0.15, 0.2) is 0 Å². The van der Waals surface area contributed by atoms with E-state index in [-0.39, 0.29) is 5.60 Å². The summed E-state index contributed by atoms with van der Waals surface area (Å²) in [5.41, 5.74) is 2.88. The van der Waals surface area contributed by atoms with Crippen molar-refractivity contribution in [2.24, 2.45) is 0 Å². The minimum Gasteiger partial charge on any atom is -0.487 e. The average molecular weight is 218 g/mol. The van der Waals surface area contributed by atoms with Crippen LogP contribution in [0.2, 0.25) is 0 Å². The fourth-order valence-electron chi connectivity index (χ4n) is 2.57. The molecule has 1 aromatic rings. The van der Waals surface area contributed by atoms with E-state index in [4.69, 9.17) is 4.74 Å². The molecule has 1 aromatic carbocycles. The molecule has 0 spiro atoms. The normalized spacial score (nSPS) is 23.7. The second-order valence-electron chi connectivity index (χ2n) is 5.10. The number of hydrogen-bond donors (Lipinski definition) is 0. The van der Waals surface area contributed by atoms with Crippen molar-refractivity contribution in [1.82, 2.24) is 0 Å². The van der Waals surface area contributed by atoms with Crippen molar-refractivity contribution in [3.8, 4) is 5.75 Å². The Labute approximate surface area is 98.8 Å². The van der Waals surface area contributed by atoms with Crippen LogP contribution in [0.25, 0.3) is 0 Å². The number of benzene rings is 1. The van der Waals surface area contributed by atoms with Crippen molar-refractivity contribution < 1.29 is 4.74 Å². The van der Waals surface area contributed by atoms with Gasteiger partial charge >= 0.3 is 0 Å². The number of hydrogen-bond acceptors (Lipinski definition) is 1. The Morgan fingerprint density at radius 3 is 2.81 bits per heavy atom. The summed E-state index contributed by atoms with van der Waals surface area (Å²) in [7, 11) is 0. The fraction of sp³-hybridized carbons (Fsp3) is 0.600. The highest BCUT2D eigenvalue weighted by atomic mass is 16.5. The Bertz CT molecular complexity index is 370. The first-order valence-electron chi connectivity index (χ1n) is 6.47. The van der Waals surface area contributed by atoms with E-state index < -0.39 is 0 Å². The standard InChI is InChI=1S/C15H22O/c1-4-9-15(3)10-8-13-11-12(5-2)6-7-14(13)16-15/h6-7,11H,4-5,8-10H2,1-3H3. The van der Waals surface area contributed by atoms with Crippen molar-refractivity contribution in [3.05, 3.63) is 29.3 Å². The molecule has 1 aliphatic rings. The highest BCUT2D eigenvalue weighted by molar-refractivity contribution is 5.39. The maximum Gasteiger partial charge on any atom is 0.123 e. The second-order valence-corrected chi connectivity index (χ2v) is 5.10. The zero-order valence-corrected chi connectivity index (χ0v) is 10.7. The topological polar surface area (TPSA) is 9.23 Å². The molecule has 0 saturated heterocycles. The summed E-state index contributed by atoms with van der Waals surface area (Å²) in [6.45, 7) is 6.67. The number of aryl methyl sites for hydroxylation is 2. The lowest BCUT2D eigenvalue weighted by molar-refractivity contribution is 0.0555. The molecular formula is C15H22O. The van der Waals surface area contributed by atoms with Crippen molar-refractivity contribution in [2.75, 3.05) is 0 Å². The molecule has 1 heterocycles. The lowest BCUT2D eigenvalue weighted by atomic mass is 9.88. The van der Waals surface area contributed by atoms with E-state index >= 15 is 0 Å². The Hall–Kier alpha value is -0.980. The zero-order valence-electron chi connectivity index (χ0n) is 10.7. The molecular weight excluding hydrogens is 196 g/mol. The molecule has 0 bridgehead atoms. The Morgan fingerprint density at radius 1 is 1.31 bits per heavy atom. The number of ether oxygens (including phenoxy) is 1. The van der Waals surface area contributed by atoms with E-state index in [1.165, 1.54) is 24.0 Å². The predicted molar refractivity (Wildman–Crippen MR) is 68.1 cm³/mol. The van der Waals surface area contributed by atoms with Crippen molar-refractivity contribution in [2.45, 2.75) is 58.5 Å². The molecule has 2 rings (SSSR count). The van der Waals surface area contributed by atoms with Gasteiger partial charge in [-0.15, -0.1) is 0 Å². The lowest BCUT2D eigenvalue weighted by Crippen LogP contribution is -2.36. The van der Waals surface area contributed by atoms with Gasteiger partial charge in [0, 0.05) is 0 Å². The molecule has 0 aliphatic carbocycles. The minimum atomic E-state index is 0.0650. The monoisotopic (exact) mass is 218 g/mol. The largest absolute Gasteiger partial charge is 0.487 e. The van der Waals surface area contributed by atoms with Gasteiger partial charge in [-0.05, 0) is 49.8 Å². The van der Waals surface area contributed by atoms with Gasteiger partial charge in [0.1, 0.15) is 11.4 Å². The molecule has 1 atom stereocenters. The van der Waals surface area contributed by atoms with E-state index in [9.17, 15) is 0 Å². The molecule has 16 heavy (non-hydrogen) atoms. The molecule has 0 amide bonds. The molecule has 1 nitrogen and oxygen atoms in total. The third kappa shape index (κ3) is 2.23. The summed E-state index contributed by atoms with van der Waals surface area (Å²) < 4.78 is 6.16. The lowest BCUT2D eigenvalue weighted by Gasteiger charge is -2.36. The molecule has 0 radical (unpaired) electrons. The Morgan fingerprint density at radius 2 is 2.12 bits per heavy atom. The second kappa shape index (κ2) is 4.48. The Balaban J connectivity index is 2.21. The van der Waals surface area contributed by atoms with Crippen LogP contribution in [0.5, 0.6) is 5.75 Å². The number of fused-ring (bicyclic) bond motifs is 1. The highest BCUT2D eigenvalue weighted by Gasteiger charge is 2.30. The fourth-order valence-corrected chi connectivity index (χ4v) is 2.57. The molecule has 0 aromatic heterocycles. The van der Waals surface area contributed by atoms with Crippen LogP contribution in [0.4, 0.5) is 0 Å². The van der Waals surface area contributed by atoms with Gasteiger partial charge in [-0.1, -0.05) is 32.4 Å². The first kappa shape index (κ1) is 11.5. The highest BCUT2D eigenvalue weighted by Crippen LogP contribution is 2.36. The van der Waals surface area contributed by atoms with Gasteiger partial charge in [0.2, 0.25) is 0 Å². The third-order valence-electron chi connectivity index (χ3n) is 3.59. The average Bonchev–Trinajstić information content (AvgIpc) is 2.28. The maximum absolute atomic E-state index is 6.16. The van der Waals surface area contributed by atoms with Crippen LogP contribution < -0.4 is 4.74 Å². The van der Waals surface area contributed by atoms with Gasteiger partial charge in [-0.25, -0.2) is 0 Å². The van der Waals surface area contributed by atoms with E-state index in [1.807, 2.05) is 0 Å². The smallest absolute Gasteiger partial charge is 0.123 e. The van der Waals surface area contributed by atoms with Gasteiger partial charge in [-0.3, -0.25) is 0 Å². The molecule has 1 heteroatoms. The van der Waals surface area contributed by atoms with Crippen LogP contribution in [-0.2, 0) is 12.8 Å². The molecule has 88 valence electrons. The predicted octanol–water partition coefficient (Wildman–Crippen LogP) is 4.13. The maximum atomic E-state index is 6.16. The van der Waals surface area contributed by atoms with Crippen molar-refractivity contribution >= 4 is 0 Å². The van der Waals surface area contributed by atoms with E-state index in [2.05, 4.69) is 39.0 Å². The van der Waals surface area contributed by atoms with Crippen LogP contribution >= 0.6 is 0 Å². The summed E-state index contributed by atoms with van der Waals surface area (Å²) in [6.07, 6.45) is 5.78. The Kier molecular flexibility index (Phi) is 3.22.